The van der Waals surface area contributed by atoms with Crippen LogP contribution in [0.1, 0.15) is 24.5 Å². The molecule has 1 aromatic carbocycles. The number of hydrogen-bond donors (Lipinski definition) is 1. The zero-order valence-electron chi connectivity index (χ0n) is 12.5. The number of benzene rings is 1. The smallest absolute Gasteiger partial charge is 0.0960 e. The SMILES string of the molecule is C=CC1C2CC([C@@H](O)c3cnc4ccccc4c3)N3CCC123. The van der Waals surface area contributed by atoms with E-state index in [2.05, 4.69) is 34.7 Å². The lowest BCUT2D eigenvalue weighted by molar-refractivity contribution is -0.0203. The highest BCUT2D eigenvalue weighted by Crippen LogP contribution is 2.70. The minimum Gasteiger partial charge on any atom is -0.387 e. The van der Waals surface area contributed by atoms with Crippen molar-refractivity contribution in [2.24, 2.45) is 11.8 Å². The molecule has 1 aromatic heterocycles. The van der Waals surface area contributed by atoms with Crippen molar-refractivity contribution < 1.29 is 5.11 Å². The van der Waals surface area contributed by atoms with E-state index in [0.29, 0.717) is 17.4 Å². The van der Waals surface area contributed by atoms with Gasteiger partial charge in [0.05, 0.1) is 11.6 Å². The number of pyridine rings is 1. The van der Waals surface area contributed by atoms with Crippen molar-refractivity contribution in [2.75, 3.05) is 6.54 Å². The molecule has 112 valence electrons. The first-order valence-electron chi connectivity index (χ1n) is 8.18. The zero-order valence-corrected chi connectivity index (χ0v) is 12.5. The largest absolute Gasteiger partial charge is 0.387 e. The Hall–Kier alpha value is -1.71. The molecule has 0 amide bonds. The topological polar surface area (TPSA) is 36.4 Å². The number of fused-ring (bicyclic) bond motifs is 1. The summed E-state index contributed by atoms with van der Waals surface area (Å²) in [5, 5.41) is 12.0. The molecule has 0 bridgehead atoms. The summed E-state index contributed by atoms with van der Waals surface area (Å²) in [6, 6.07) is 10.4. The molecular formula is C19H20N2O. The van der Waals surface area contributed by atoms with Crippen LogP contribution in [0.5, 0.6) is 0 Å². The van der Waals surface area contributed by atoms with Gasteiger partial charge in [0, 0.05) is 35.3 Å². The van der Waals surface area contributed by atoms with Crippen LogP contribution >= 0.6 is 0 Å². The summed E-state index contributed by atoms with van der Waals surface area (Å²) < 4.78 is 0. The molecule has 3 heteroatoms. The van der Waals surface area contributed by atoms with Crippen LogP contribution in [0.4, 0.5) is 0 Å². The first-order valence-corrected chi connectivity index (χ1v) is 8.18. The minimum atomic E-state index is -0.437. The number of rotatable bonds is 3. The van der Waals surface area contributed by atoms with Gasteiger partial charge >= 0.3 is 0 Å². The number of para-hydroxylation sites is 1. The molecule has 2 aromatic rings. The third kappa shape index (κ3) is 1.41. The van der Waals surface area contributed by atoms with Gasteiger partial charge in [0.1, 0.15) is 0 Å². The highest BCUT2D eigenvalue weighted by atomic mass is 16.3. The van der Waals surface area contributed by atoms with Crippen LogP contribution in [-0.2, 0) is 0 Å². The molecule has 3 fully saturated rings. The van der Waals surface area contributed by atoms with Crippen molar-refractivity contribution in [1.82, 2.24) is 9.88 Å². The molecule has 1 spiro atoms. The van der Waals surface area contributed by atoms with Gasteiger partial charge in [-0.1, -0.05) is 24.3 Å². The van der Waals surface area contributed by atoms with Crippen LogP contribution in [0.3, 0.4) is 0 Å². The highest BCUT2D eigenvalue weighted by molar-refractivity contribution is 5.78. The Morgan fingerprint density at radius 1 is 1.41 bits per heavy atom. The van der Waals surface area contributed by atoms with Gasteiger partial charge in [0.2, 0.25) is 0 Å². The fourth-order valence-electron chi connectivity index (χ4n) is 5.14. The highest BCUT2D eigenvalue weighted by Gasteiger charge is 2.76. The first-order chi connectivity index (χ1) is 10.8. The Balaban J connectivity index is 1.45. The van der Waals surface area contributed by atoms with Crippen molar-refractivity contribution in [3.05, 3.63) is 54.7 Å². The van der Waals surface area contributed by atoms with Crippen molar-refractivity contribution in [1.29, 1.82) is 0 Å². The lowest BCUT2D eigenvalue weighted by atomic mass is 9.93. The van der Waals surface area contributed by atoms with E-state index < -0.39 is 6.10 Å². The maximum Gasteiger partial charge on any atom is 0.0960 e. The molecule has 5 rings (SSSR count). The summed E-state index contributed by atoms with van der Waals surface area (Å²) in [5.74, 6) is 1.37. The van der Waals surface area contributed by atoms with E-state index in [9.17, 15) is 5.11 Å². The second-order valence-electron chi connectivity index (χ2n) is 7.01. The second kappa shape index (κ2) is 4.18. The molecule has 1 aliphatic carbocycles. The predicted octanol–water partition coefficient (Wildman–Crippen LogP) is 2.92. The summed E-state index contributed by atoms with van der Waals surface area (Å²) in [5.41, 5.74) is 2.29. The molecule has 2 aliphatic heterocycles. The average Bonchev–Trinajstić information content (AvgIpc) is 3.15. The Morgan fingerprint density at radius 3 is 3.00 bits per heavy atom. The third-order valence-corrected chi connectivity index (χ3v) is 6.30. The van der Waals surface area contributed by atoms with E-state index in [1.165, 1.54) is 6.42 Å². The van der Waals surface area contributed by atoms with Crippen molar-refractivity contribution in [3.8, 4) is 0 Å². The summed E-state index contributed by atoms with van der Waals surface area (Å²) >= 11 is 0. The van der Waals surface area contributed by atoms with E-state index in [1.807, 2.05) is 24.4 Å². The van der Waals surface area contributed by atoms with Crippen LogP contribution < -0.4 is 0 Å². The van der Waals surface area contributed by atoms with Gasteiger partial charge in [-0.2, -0.15) is 0 Å². The summed E-state index contributed by atoms with van der Waals surface area (Å²) in [7, 11) is 0. The van der Waals surface area contributed by atoms with Crippen molar-refractivity contribution in [3.63, 3.8) is 0 Å². The van der Waals surface area contributed by atoms with Gasteiger partial charge in [0.15, 0.2) is 0 Å². The Bertz CT molecular complexity index is 773. The normalized spacial score (nSPS) is 37.2. The fourth-order valence-corrected chi connectivity index (χ4v) is 5.14. The van der Waals surface area contributed by atoms with Crippen LogP contribution in [0.25, 0.3) is 10.9 Å². The maximum absolute atomic E-state index is 10.9. The van der Waals surface area contributed by atoms with Crippen LogP contribution in [0, 0.1) is 11.8 Å². The molecule has 22 heavy (non-hydrogen) atoms. The molecule has 1 N–H and O–H groups in total. The van der Waals surface area contributed by atoms with E-state index in [1.54, 1.807) is 0 Å². The molecule has 5 atom stereocenters. The van der Waals surface area contributed by atoms with E-state index in [-0.39, 0.29) is 6.04 Å². The Kier molecular flexibility index (Phi) is 2.43. The van der Waals surface area contributed by atoms with Crippen molar-refractivity contribution in [2.45, 2.75) is 30.5 Å². The van der Waals surface area contributed by atoms with Crippen molar-refractivity contribution >= 4 is 10.9 Å². The number of aliphatic hydroxyl groups is 1. The lowest BCUT2D eigenvalue weighted by Crippen LogP contribution is -2.55. The summed E-state index contributed by atoms with van der Waals surface area (Å²) in [6.45, 7) is 5.10. The fraction of sp³-hybridized carbons (Fsp3) is 0.421. The van der Waals surface area contributed by atoms with Gasteiger partial charge in [-0.15, -0.1) is 6.58 Å². The average molecular weight is 292 g/mol. The van der Waals surface area contributed by atoms with Gasteiger partial charge in [-0.05, 0) is 36.8 Å². The zero-order chi connectivity index (χ0) is 14.9. The van der Waals surface area contributed by atoms with Gasteiger partial charge < -0.3 is 5.11 Å². The molecular weight excluding hydrogens is 272 g/mol. The summed E-state index contributed by atoms with van der Waals surface area (Å²) in [4.78, 5) is 7.03. The molecule has 1 saturated carbocycles. The number of nitrogens with zero attached hydrogens (tertiary/aromatic N) is 2. The third-order valence-electron chi connectivity index (χ3n) is 6.30. The molecule has 2 saturated heterocycles. The number of aromatic nitrogens is 1. The van der Waals surface area contributed by atoms with Gasteiger partial charge in [-0.25, -0.2) is 0 Å². The molecule has 0 radical (unpaired) electrons. The van der Waals surface area contributed by atoms with E-state index in [0.717, 1.165) is 29.4 Å². The Morgan fingerprint density at radius 2 is 2.27 bits per heavy atom. The number of piperidine rings is 1. The molecule has 4 unspecified atom stereocenters. The number of aliphatic hydroxyl groups excluding tert-OH is 1. The van der Waals surface area contributed by atoms with Gasteiger partial charge in [0.25, 0.3) is 0 Å². The molecule has 3 heterocycles. The minimum absolute atomic E-state index is 0.248. The second-order valence-corrected chi connectivity index (χ2v) is 7.01. The maximum atomic E-state index is 10.9. The lowest BCUT2D eigenvalue weighted by Gasteiger charge is -2.45. The quantitative estimate of drug-likeness (QED) is 0.884. The number of hydrogen-bond acceptors (Lipinski definition) is 3. The first kappa shape index (κ1) is 12.8. The molecule has 3 nitrogen and oxygen atoms in total. The monoisotopic (exact) mass is 292 g/mol. The van der Waals surface area contributed by atoms with E-state index >= 15 is 0 Å². The standard InChI is InChI=1S/C19H20N2O/c1-2-14-15-10-17(21-8-7-19(14,15)21)18(22)13-9-12-5-3-4-6-16(12)20-11-13/h2-6,9,11,14-15,17-18,22H,1,7-8,10H2/t14?,15?,17?,18-,19?/m0/s1. The van der Waals surface area contributed by atoms with E-state index in [4.69, 9.17) is 0 Å². The summed E-state index contributed by atoms with van der Waals surface area (Å²) in [6.07, 6.45) is 5.89. The predicted molar refractivity (Wildman–Crippen MR) is 86.3 cm³/mol. The van der Waals surface area contributed by atoms with Crippen LogP contribution in [0.15, 0.2) is 49.2 Å². The van der Waals surface area contributed by atoms with Gasteiger partial charge in [-0.3, -0.25) is 9.88 Å². The van der Waals surface area contributed by atoms with Crippen LogP contribution in [-0.4, -0.2) is 33.1 Å². The molecule has 3 aliphatic rings. The Labute approximate surface area is 130 Å². The van der Waals surface area contributed by atoms with Crippen LogP contribution in [0.2, 0.25) is 0 Å².